The molecule has 0 aliphatic carbocycles. The maximum Gasteiger partial charge on any atom is 0.258 e. The van der Waals surface area contributed by atoms with E-state index >= 15 is 0 Å². The van der Waals surface area contributed by atoms with Crippen LogP contribution in [0.25, 0.3) is 0 Å². The lowest BCUT2D eigenvalue weighted by Gasteiger charge is -2.09. The summed E-state index contributed by atoms with van der Waals surface area (Å²) >= 11 is 0. The molecule has 0 aliphatic heterocycles. The van der Waals surface area contributed by atoms with Crippen LogP contribution in [0.1, 0.15) is 28.4 Å². The van der Waals surface area contributed by atoms with Crippen molar-refractivity contribution in [2.24, 2.45) is 0 Å². The summed E-state index contributed by atoms with van der Waals surface area (Å²) in [5.74, 6) is -1.04. The Labute approximate surface area is 117 Å². The first kappa shape index (κ1) is 14.1. The highest BCUT2D eigenvalue weighted by atomic mass is 19.1. The lowest BCUT2D eigenvalue weighted by Crippen LogP contribution is -2.15. The highest BCUT2D eigenvalue weighted by molar-refractivity contribution is 6.05. The second kappa shape index (κ2) is 5.74. The van der Waals surface area contributed by atoms with Gasteiger partial charge in [-0.15, -0.1) is 0 Å². The van der Waals surface area contributed by atoms with Gasteiger partial charge in [0.05, 0.1) is 5.56 Å². The molecule has 4 heteroatoms. The largest absolute Gasteiger partial charge is 0.399 e. The van der Waals surface area contributed by atoms with Crippen LogP contribution in [0.5, 0.6) is 0 Å². The zero-order valence-electron chi connectivity index (χ0n) is 11.5. The molecule has 0 fully saturated rings. The summed E-state index contributed by atoms with van der Waals surface area (Å²) in [6.07, 6.45) is 0.928. The number of nitrogen functional groups attached to an aromatic ring is 1. The third-order valence-electron chi connectivity index (χ3n) is 3.14. The summed E-state index contributed by atoms with van der Waals surface area (Å²) in [4.78, 5) is 12.1. The van der Waals surface area contributed by atoms with Crippen molar-refractivity contribution < 1.29 is 9.18 Å². The zero-order chi connectivity index (χ0) is 14.7. The summed E-state index contributed by atoms with van der Waals surface area (Å²) in [6, 6.07) is 10.3. The van der Waals surface area contributed by atoms with Crippen molar-refractivity contribution in [3.63, 3.8) is 0 Å². The smallest absolute Gasteiger partial charge is 0.258 e. The summed E-state index contributed by atoms with van der Waals surface area (Å²) < 4.78 is 13.9. The van der Waals surface area contributed by atoms with Gasteiger partial charge in [-0.1, -0.05) is 19.1 Å². The number of hydrogen-bond donors (Lipinski definition) is 2. The number of nitrogens with two attached hydrogens (primary N) is 1. The first-order valence-corrected chi connectivity index (χ1v) is 6.47. The van der Waals surface area contributed by atoms with Crippen molar-refractivity contribution in [3.8, 4) is 0 Å². The Morgan fingerprint density at radius 1 is 1.25 bits per heavy atom. The van der Waals surface area contributed by atoms with Crippen LogP contribution in [0.3, 0.4) is 0 Å². The molecule has 0 saturated carbocycles. The molecule has 0 saturated heterocycles. The Balaban J connectivity index is 2.23. The maximum atomic E-state index is 13.9. The van der Waals surface area contributed by atoms with Gasteiger partial charge < -0.3 is 11.1 Å². The molecule has 2 aromatic carbocycles. The van der Waals surface area contributed by atoms with Crippen LogP contribution in [0, 0.1) is 12.7 Å². The number of halogens is 1. The number of carbonyl (C=O) groups is 1. The highest BCUT2D eigenvalue weighted by Gasteiger charge is 2.14. The number of amides is 1. The van der Waals surface area contributed by atoms with Crippen LogP contribution in [0.4, 0.5) is 15.8 Å². The van der Waals surface area contributed by atoms with Gasteiger partial charge in [0, 0.05) is 11.4 Å². The summed E-state index contributed by atoms with van der Waals surface area (Å²) in [7, 11) is 0. The van der Waals surface area contributed by atoms with Crippen molar-refractivity contribution in [2.75, 3.05) is 11.1 Å². The lowest BCUT2D eigenvalue weighted by molar-refractivity contribution is 0.102. The first-order chi connectivity index (χ1) is 9.51. The van der Waals surface area contributed by atoms with Gasteiger partial charge in [0.15, 0.2) is 0 Å². The average Bonchev–Trinajstić information content (AvgIpc) is 2.43. The maximum absolute atomic E-state index is 13.9. The predicted molar refractivity (Wildman–Crippen MR) is 79.3 cm³/mol. The van der Waals surface area contributed by atoms with Gasteiger partial charge in [-0.3, -0.25) is 4.79 Å². The number of hydrogen-bond acceptors (Lipinski definition) is 2. The molecule has 0 aliphatic rings. The molecule has 1 amide bonds. The molecule has 0 radical (unpaired) electrons. The number of anilines is 2. The number of rotatable bonds is 3. The Kier molecular flexibility index (Phi) is 4.03. The molecule has 0 bridgehead atoms. The van der Waals surface area contributed by atoms with Gasteiger partial charge >= 0.3 is 0 Å². The van der Waals surface area contributed by atoms with Crippen molar-refractivity contribution in [1.29, 1.82) is 0 Å². The predicted octanol–water partition coefficient (Wildman–Crippen LogP) is 3.53. The molecule has 0 heterocycles. The number of carbonyl (C=O) groups excluding carboxylic acids is 1. The quantitative estimate of drug-likeness (QED) is 0.840. The minimum Gasteiger partial charge on any atom is -0.399 e. The fraction of sp³-hybridized carbons (Fsp3) is 0.188. The molecular formula is C16H17FN2O. The molecule has 0 unspecified atom stereocenters. The van der Waals surface area contributed by atoms with E-state index < -0.39 is 11.7 Å². The Morgan fingerprint density at radius 2 is 1.90 bits per heavy atom. The third-order valence-corrected chi connectivity index (χ3v) is 3.14. The van der Waals surface area contributed by atoms with E-state index in [4.69, 9.17) is 5.73 Å². The topological polar surface area (TPSA) is 55.1 Å². The second-order valence-electron chi connectivity index (χ2n) is 4.70. The van der Waals surface area contributed by atoms with Gasteiger partial charge in [-0.25, -0.2) is 4.39 Å². The van der Waals surface area contributed by atoms with Gasteiger partial charge in [-0.05, 0) is 48.7 Å². The molecule has 0 atom stereocenters. The van der Waals surface area contributed by atoms with Crippen LogP contribution < -0.4 is 11.1 Å². The minimum absolute atomic E-state index is 0.0398. The molecule has 20 heavy (non-hydrogen) atoms. The molecule has 2 rings (SSSR count). The molecule has 3 N–H and O–H groups in total. The van der Waals surface area contributed by atoms with Crippen molar-refractivity contribution in [3.05, 3.63) is 58.9 Å². The molecule has 104 valence electrons. The normalized spacial score (nSPS) is 10.3. The van der Waals surface area contributed by atoms with Crippen LogP contribution in [0.2, 0.25) is 0 Å². The number of benzene rings is 2. The monoisotopic (exact) mass is 272 g/mol. The van der Waals surface area contributed by atoms with Crippen LogP contribution in [-0.2, 0) is 6.42 Å². The summed E-state index contributed by atoms with van der Waals surface area (Å²) in [6.45, 7) is 3.64. The first-order valence-electron chi connectivity index (χ1n) is 6.47. The molecular weight excluding hydrogens is 255 g/mol. The second-order valence-corrected chi connectivity index (χ2v) is 4.70. The van der Waals surface area contributed by atoms with E-state index in [-0.39, 0.29) is 5.56 Å². The van der Waals surface area contributed by atoms with Crippen LogP contribution >= 0.6 is 0 Å². The fourth-order valence-electron chi connectivity index (χ4n) is 1.98. The van der Waals surface area contributed by atoms with Crippen LogP contribution in [0.15, 0.2) is 36.4 Å². The van der Waals surface area contributed by atoms with Gasteiger partial charge in [0.2, 0.25) is 0 Å². The fourth-order valence-corrected chi connectivity index (χ4v) is 1.98. The Morgan fingerprint density at radius 3 is 2.50 bits per heavy atom. The standard InChI is InChI=1S/C16H17FN2O/c1-3-11-4-6-13(7-5-11)19-16(20)14-9-12(18)8-10(2)15(14)17/h4-9H,3,18H2,1-2H3,(H,19,20). The van der Waals surface area contributed by atoms with Gasteiger partial charge in [-0.2, -0.15) is 0 Å². The van der Waals surface area contributed by atoms with Crippen molar-refractivity contribution >= 4 is 17.3 Å². The average molecular weight is 272 g/mol. The summed E-state index contributed by atoms with van der Waals surface area (Å²) in [5, 5.41) is 2.67. The Hall–Kier alpha value is -2.36. The van der Waals surface area contributed by atoms with E-state index in [2.05, 4.69) is 12.2 Å². The van der Waals surface area contributed by atoms with Gasteiger partial charge in [0.1, 0.15) is 5.82 Å². The molecule has 3 nitrogen and oxygen atoms in total. The zero-order valence-corrected chi connectivity index (χ0v) is 11.5. The molecule has 0 spiro atoms. The van der Waals surface area contributed by atoms with E-state index in [0.717, 1.165) is 6.42 Å². The van der Waals surface area contributed by atoms with E-state index in [1.165, 1.54) is 17.7 Å². The lowest BCUT2D eigenvalue weighted by atomic mass is 10.1. The van der Waals surface area contributed by atoms with Crippen molar-refractivity contribution in [1.82, 2.24) is 0 Å². The molecule has 2 aromatic rings. The minimum atomic E-state index is -0.540. The highest BCUT2D eigenvalue weighted by Crippen LogP contribution is 2.19. The van der Waals surface area contributed by atoms with E-state index in [9.17, 15) is 9.18 Å². The third kappa shape index (κ3) is 2.96. The SMILES string of the molecule is CCc1ccc(NC(=O)c2cc(N)cc(C)c2F)cc1. The summed E-state index contributed by atoms with van der Waals surface area (Å²) in [5.41, 5.74) is 8.15. The van der Waals surface area contributed by atoms with Crippen molar-refractivity contribution in [2.45, 2.75) is 20.3 Å². The molecule has 0 aromatic heterocycles. The Bertz CT molecular complexity index is 636. The van der Waals surface area contributed by atoms with E-state index in [1.807, 2.05) is 12.1 Å². The van der Waals surface area contributed by atoms with Gasteiger partial charge in [0.25, 0.3) is 5.91 Å². The van der Waals surface area contributed by atoms with E-state index in [0.29, 0.717) is 16.9 Å². The number of nitrogens with one attached hydrogen (secondary N) is 1. The van der Waals surface area contributed by atoms with E-state index in [1.54, 1.807) is 19.1 Å². The number of aryl methyl sites for hydroxylation is 2. The van der Waals surface area contributed by atoms with Crippen LogP contribution in [-0.4, -0.2) is 5.91 Å².